The lowest BCUT2D eigenvalue weighted by molar-refractivity contribution is 0.0865. The van der Waals surface area contributed by atoms with E-state index in [0.717, 1.165) is 18.5 Å². The van der Waals surface area contributed by atoms with Crippen LogP contribution in [0.15, 0.2) is 65.3 Å². The van der Waals surface area contributed by atoms with E-state index in [1.165, 1.54) is 17.4 Å². The van der Waals surface area contributed by atoms with Gasteiger partial charge in [-0.3, -0.25) is 4.79 Å². The highest BCUT2D eigenvalue weighted by molar-refractivity contribution is 5.92. The number of hydrogen-bond donors (Lipinski definition) is 3. The molecule has 138 valence electrons. The second-order valence-electron chi connectivity index (χ2n) is 6.64. The Morgan fingerprint density at radius 3 is 2.74 bits per heavy atom. The highest BCUT2D eigenvalue weighted by Crippen LogP contribution is 2.19. The molecule has 1 aliphatic rings. The summed E-state index contributed by atoms with van der Waals surface area (Å²) in [4.78, 5) is 16.5. The molecule has 2 aromatic carbocycles. The summed E-state index contributed by atoms with van der Waals surface area (Å²) in [6.07, 6.45) is 1.37. The fraction of sp³-hybridized carbons (Fsp3) is 0.238. The minimum atomic E-state index is -0.692. The third-order valence-electron chi connectivity index (χ3n) is 4.81. The molecule has 0 fully saturated rings. The first-order valence-electron chi connectivity index (χ1n) is 8.98. The number of carbonyl (C=O) groups is 1. The van der Waals surface area contributed by atoms with Crippen molar-refractivity contribution < 1.29 is 14.3 Å². The molecule has 6 nitrogen and oxygen atoms in total. The van der Waals surface area contributed by atoms with Gasteiger partial charge in [-0.15, -0.1) is 0 Å². The Hall–Kier alpha value is -2.96. The van der Waals surface area contributed by atoms with E-state index in [1.807, 2.05) is 42.5 Å². The van der Waals surface area contributed by atoms with E-state index in [-0.39, 0.29) is 24.2 Å². The van der Waals surface area contributed by atoms with Crippen molar-refractivity contribution in [1.29, 1.82) is 0 Å². The SMILES string of the molecule is O=C(NC[C@@H](O)[C@@H]1Cc2ccccc2CN1)c1coc(-c2ccccc2)n1. The van der Waals surface area contributed by atoms with Gasteiger partial charge in [0.2, 0.25) is 5.89 Å². The van der Waals surface area contributed by atoms with Gasteiger partial charge in [0.05, 0.1) is 6.10 Å². The number of benzene rings is 2. The van der Waals surface area contributed by atoms with Crippen molar-refractivity contribution >= 4 is 5.91 Å². The summed E-state index contributed by atoms with van der Waals surface area (Å²) >= 11 is 0. The smallest absolute Gasteiger partial charge is 0.273 e. The Balaban J connectivity index is 1.34. The van der Waals surface area contributed by atoms with Crippen molar-refractivity contribution in [1.82, 2.24) is 15.6 Å². The third-order valence-corrected chi connectivity index (χ3v) is 4.81. The fourth-order valence-corrected chi connectivity index (χ4v) is 3.27. The lowest BCUT2D eigenvalue weighted by Crippen LogP contribution is -2.49. The van der Waals surface area contributed by atoms with Gasteiger partial charge in [-0.2, -0.15) is 0 Å². The minimum Gasteiger partial charge on any atom is -0.444 e. The summed E-state index contributed by atoms with van der Waals surface area (Å²) in [5.41, 5.74) is 3.49. The van der Waals surface area contributed by atoms with Crippen molar-refractivity contribution in [2.45, 2.75) is 25.1 Å². The zero-order chi connectivity index (χ0) is 18.6. The zero-order valence-corrected chi connectivity index (χ0v) is 14.8. The molecule has 1 aromatic heterocycles. The highest BCUT2D eigenvalue weighted by atomic mass is 16.3. The fourth-order valence-electron chi connectivity index (χ4n) is 3.27. The summed E-state index contributed by atoms with van der Waals surface area (Å²) in [6, 6.07) is 17.5. The van der Waals surface area contributed by atoms with Crippen LogP contribution in [0.2, 0.25) is 0 Å². The molecule has 1 aliphatic heterocycles. The molecule has 6 heteroatoms. The molecule has 3 aromatic rings. The molecular formula is C21H21N3O3. The van der Waals surface area contributed by atoms with Gasteiger partial charge in [-0.25, -0.2) is 4.98 Å². The predicted octanol–water partition coefficient (Wildman–Crippen LogP) is 2.15. The number of carbonyl (C=O) groups excluding carboxylic acids is 1. The third kappa shape index (κ3) is 3.92. The van der Waals surface area contributed by atoms with Crippen LogP contribution in [-0.2, 0) is 13.0 Å². The van der Waals surface area contributed by atoms with E-state index in [1.54, 1.807) is 0 Å². The lowest BCUT2D eigenvalue weighted by atomic mass is 9.93. The van der Waals surface area contributed by atoms with Crippen molar-refractivity contribution in [3.8, 4) is 11.5 Å². The molecule has 0 unspecified atom stereocenters. The maximum atomic E-state index is 12.3. The topological polar surface area (TPSA) is 87.4 Å². The molecule has 0 saturated carbocycles. The van der Waals surface area contributed by atoms with E-state index < -0.39 is 6.10 Å². The lowest BCUT2D eigenvalue weighted by Gasteiger charge is -2.29. The number of hydrogen-bond acceptors (Lipinski definition) is 5. The van der Waals surface area contributed by atoms with Gasteiger partial charge in [0, 0.05) is 24.7 Å². The van der Waals surface area contributed by atoms with Gasteiger partial charge in [0.25, 0.3) is 5.91 Å². The molecule has 0 bridgehead atoms. The summed E-state index contributed by atoms with van der Waals surface area (Å²) in [7, 11) is 0. The Labute approximate surface area is 157 Å². The normalized spacial score (nSPS) is 17.1. The zero-order valence-electron chi connectivity index (χ0n) is 14.8. The number of aromatic nitrogens is 1. The van der Waals surface area contributed by atoms with E-state index in [9.17, 15) is 9.90 Å². The van der Waals surface area contributed by atoms with Gasteiger partial charge in [0.1, 0.15) is 6.26 Å². The summed E-state index contributed by atoms with van der Waals surface area (Å²) in [5, 5.41) is 16.5. The summed E-state index contributed by atoms with van der Waals surface area (Å²) in [5.74, 6) is 0.0306. The number of aliphatic hydroxyl groups excluding tert-OH is 1. The minimum absolute atomic E-state index is 0.0996. The van der Waals surface area contributed by atoms with Crippen LogP contribution in [0.1, 0.15) is 21.6 Å². The summed E-state index contributed by atoms with van der Waals surface area (Å²) < 4.78 is 5.39. The van der Waals surface area contributed by atoms with Crippen LogP contribution >= 0.6 is 0 Å². The second-order valence-corrected chi connectivity index (χ2v) is 6.64. The van der Waals surface area contributed by atoms with Gasteiger partial charge >= 0.3 is 0 Å². The first-order chi connectivity index (χ1) is 13.2. The molecule has 0 aliphatic carbocycles. The number of nitrogens with zero attached hydrogens (tertiary/aromatic N) is 1. The van der Waals surface area contributed by atoms with Crippen LogP contribution < -0.4 is 10.6 Å². The number of aliphatic hydroxyl groups is 1. The maximum absolute atomic E-state index is 12.3. The number of amides is 1. The Morgan fingerprint density at radius 1 is 1.19 bits per heavy atom. The van der Waals surface area contributed by atoms with Gasteiger partial charge in [0.15, 0.2) is 5.69 Å². The number of nitrogens with one attached hydrogen (secondary N) is 2. The van der Waals surface area contributed by atoms with Crippen molar-refractivity contribution in [3.05, 3.63) is 77.7 Å². The van der Waals surface area contributed by atoms with Gasteiger partial charge in [-0.1, -0.05) is 42.5 Å². The Morgan fingerprint density at radius 2 is 1.93 bits per heavy atom. The Bertz CT molecular complexity index is 923. The van der Waals surface area contributed by atoms with Crippen molar-refractivity contribution in [3.63, 3.8) is 0 Å². The monoisotopic (exact) mass is 363 g/mol. The van der Waals surface area contributed by atoms with Crippen molar-refractivity contribution in [2.75, 3.05) is 6.54 Å². The predicted molar refractivity (Wildman–Crippen MR) is 101 cm³/mol. The molecule has 0 radical (unpaired) electrons. The van der Waals surface area contributed by atoms with Crippen LogP contribution in [-0.4, -0.2) is 34.7 Å². The molecule has 2 heterocycles. The highest BCUT2D eigenvalue weighted by Gasteiger charge is 2.25. The molecule has 3 N–H and O–H groups in total. The largest absolute Gasteiger partial charge is 0.444 e. The van der Waals surface area contributed by atoms with Crippen LogP contribution in [0, 0.1) is 0 Å². The first-order valence-corrected chi connectivity index (χ1v) is 8.98. The summed E-state index contributed by atoms with van der Waals surface area (Å²) in [6.45, 7) is 0.863. The molecule has 2 atom stereocenters. The number of fused-ring (bicyclic) bond motifs is 1. The average molecular weight is 363 g/mol. The molecular weight excluding hydrogens is 342 g/mol. The van der Waals surface area contributed by atoms with Crippen LogP contribution in [0.25, 0.3) is 11.5 Å². The van der Waals surface area contributed by atoms with Crippen molar-refractivity contribution in [2.24, 2.45) is 0 Å². The molecule has 0 saturated heterocycles. The van der Waals surface area contributed by atoms with Gasteiger partial charge < -0.3 is 20.2 Å². The maximum Gasteiger partial charge on any atom is 0.273 e. The number of oxazole rings is 1. The molecule has 0 spiro atoms. The van der Waals surface area contributed by atoms with E-state index >= 15 is 0 Å². The molecule has 27 heavy (non-hydrogen) atoms. The quantitative estimate of drug-likeness (QED) is 0.647. The van der Waals surface area contributed by atoms with Crippen LogP contribution in [0.5, 0.6) is 0 Å². The van der Waals surface area contributed by atoms with E-state index in [4.69, 9.17) is 4.42 Å². The molecule has 1 amide bonds. The second kappa shape index (κ2) is 7.73. The number of rotatable bonds is 5. The first kappa shape index (κ1) is 17.5. The van der Waals surface area contributed by atoms with Crippen LogP contribution in [0.4, 0.5) is 0 Å². The van der Waals surface area contributed by atoms with E-state index in [0.29, 0.717) is 5.89 Å². The van der Waals surface area contributed by atoms with Gasteiger partial charge in [-0.05, 0) is 29.7 Å². The Kier molecular flexibility index (Phi) is 5.00. The standard InChI is InChI=1S/C21H21N3O3/c25-19(17-10-15-8-4-5-9-16(15)11-22-17)12-23-20(26)18-13-27-21(24-18)14-6-2-1-3-7-14/h1-9,13,17,19,22,25H,10-12H2,(H,23,26)/t17-,19+/m0/s1. The van der Waals surface area contributed by atoms with E-state index in [2.05, 4.69) is 27.8 Å². The molecule has 4 rings (SSSR count). The average Bonchev–Trinajstić information content (AvgIpc) is 3.22. The van der Waals surface area contributed by atoms with Crippen LogP contribution in [0.3, 0.4) is 0 Å².